The van der Waals surface area contributed by atoms with Gasteiger partial charge in [-0.15, -0.1) is 22.7 Å². The minimum absolute atomic E-state index is 0.144. The molecular formula is C13H13NO4S3. The van der Waals surface area contributed by atoms with Crippen LogP contribution in [0.1, 0.15) is 15.3 Å². The molecule has 0 aromatic carbocycles. The standard InChI is InChI=1S/C13H13NO4S3/c15-12(16)7-10-1-2-13(20-10)21(17,18)14-5-3-11-9(8-14)4-6-19-11/h1-2,4,6H,3,5,7-8H2,(H,15,16). The summed E-state index contributed by atoms with van der Waals surface area (Å²) in [4.78, 5) is 12.5. The quantitative estimate of drug-likeness (QED) is 0.923. The molecule has 1 N–H and O–H groups in total. The summed E-state index contributed by atoms with van der Waals surface area (Å²) in [6, 6.07) is 5.04. The number of hydrogen-bond acceptors (Lipinski definition) is 5. The molecule has 0 aliphatic carbocycles. The van der Waals surface area contributed by atoms with Crippen molar-refractivity contribution in [2.45, 2.75) is 23.6 Å². The number of rotatable bonds is 4. The lowest BCUT2D eigenvalue weighted by Crippen LogP contribution is -2.34. The second-order valence-electron chi connectivity index (χ2n) is 4.75. The van der Waals surface area contributed by atoms with E-state index in [1.54, 1.807) is 17.4 Å². The minimum Gasteiger partial charge on any atom is -0.481 e. The largest absolute Gasteiger partial charge is 0.481 e. The summed E-state index contributed by atoms with van der Waals surface area (Å²) in [5.41, 5.74) is 1.07. The normalized spacial score (nSPS) is 15.8. The van der Waals surface area contributed by atoms with E-state index in [1.165, 1.54) is 15.2 Å². The lowest BCUT2D eigenvalue weighted by Gasteiger charge is -2.25. The van der Waals surface area contributed by atoms with Crippen LogP contribution in [-0.2, 0) is 34.2 Å². The number of fused-ring (bicyclic) bond motifs is 1. The van der Waals surface area contributed by atoms with Crippen LogP contribution in [0.25, 0.3) is 0 Å². The van der Waals surface area contributed by atoms with Gasteiger partial charge in [-0.3, -0.25) is 4.79 Å². The molecule has 0 unspecified atom stereocenters. The van der Waals surface area contributed by atoms with Crippen molar-refractivity contribution >= 4 is 38.7 Å². The van der Waals surface area contributed by atoms with Gasteiger partial charge in [0.15, 0.2) is 0 Å². The number of carboxylic acid groups (broad SMARTS) is 1. The third-order valence-electron chi connectivity index (χ3n) is 3.33. The molecule has 3 heterocycles. The van der Waals surface area contributed by atoms with E-state index in [2.05, 4.69) is 0 Å². The van der Waals surface area contributed by atoms with E-state index in [1.807, 2.05) is 11.4 Å². The predicted molar refractivity (Wildman–Crippen MR) is 81.3 cm³/mol. The lowest BCUT2D eigenvalue weighted by atomic mass is 10.1. The number of sulfonamides is 1. The summed E-state index contributed by atoms with van der Waals surface area (Å²) in [6.07, 6.45) is 0.592. The fourth-order valence-corrected chi connectivity index (χ4v) is 6.11. The van der Waals surface area contributed by atoms with E-state index in [0.717, 1.165) is 23.3 Å². The summed E-state index contributed by atoms with van der Waals surface area (Å²) in [7, 11) is -3.53. The first-order valence-electron chi connectivity index (χ1n) is 6.33. The van der Waals surface area contributed by atoms with Crippen LogP contribution in [0.5, 0.6) is 0 Å². The molecular weight excluding hydrogens is 330 g/mol. The van der Waals surface area contributed by atoms with E-state index < -0.39 is 16.0 Å². The Morgan fingerprint density at radius 2 is 2.14 bits per heavy atom. The first-order chi connectivity index (χ1) is 9.96. The Morgan fingerprint density at radius 3 is 2.90 bits per heavy atom. The summed E-state index contributed by atoms with van der Waals surface area (Å²) < 4.78 is 26.9. The van der Waals surface area contributed by atoms with Gasteiger partial charge in [-0.25, -0.2) is 8.42 Å². The highest BCUT2D eigenvalue weighted by molar-refractivity contribution is 7.91. The molecule has 0 saturated carbocycles. The van der Waals surface area contributed by atoms with Crippen LogP contribution >= 0.6 is 22.7 Å². The Labute approximate surface area is 130 Å². The highest BCUT2D eigenvalue weighted by Crippen LogP contribution is 2.31. The molecule has 2 aromatic rings. The number of aliphatic carboxylic acids is 1. The average Bonchev–Trinajstić information content (AvgIpc) is 3.05. The highest BCUT2D eigenvalue weighted by Gasteiger charge is 2.30. The smallest absolute Gasteiger partial charge is 0.308 e. The molecule has 1 aliphatic rings. The highest BCUT2D eigenvalue weighted by atomic mass is 32.2. The molecule has 5 nitrogen and oxygen atoms in total. The zero-order chi connectivity index (χ0) is 15.0. The van der Waals surface area contributed by atoms with Crippen LogP contribution in [0.15, 0.2) is 27.8 Å². The lowest BCUT2D eigenvalue weighted by molar-refractivity contribution is -0.136. The van der Waals surface area contributed by atoms with E-state index in [4.69, 9.17) is 5.11 Å². The topological polar surface area (TPSA) is 74.7 Å². The van der Waals surface area contributed by atoms with Crippen molar-refractivity contribution in [2.75, 3.05) is 6.54 Å². The van der Waals surface area contributed by atoms with Crippen LogP contribution in [-0.4, -0.2) is 30.3 Å². The second kappa shape index (κ2) is 5.53. The molecule has 1 aliphatic heterocycles. The van der Waals surface area contributed by atoms with Gasteiger partial charge in [0.1, 0.15) is 4.21 Å². The Morgan fingerprint density at radius 1 is 1.33 bits per heavy atom. The summed E-state index contributed by atoms with van der Waals surface area (Å²) in [6.45, 7) is 0.870. The molecule has 21 heavy (non-hydrogen) atoms. The maximum Gasteiger partial charge on any atom is 0.308 e. The van der Waals surface area contributed by atoms with Gasteiger partial charge in [-0.05, 0) is 35.6 Å². The third-order valence-corrected chi connectivity index (χ3v) is 7.75. The summed E-state index contributed by atoms with van der Waals surface area (Å²) >= 11 is 2.70. The minimum atomic E-state index is -3.53. The van der Waals surface area contributed by atoms with Crippen molar-refractivity contribution < 1.29 is 18.3 Å². The monoisotopic (exact) mass is 343 g/mol. The van der Waals surface area contributed by atoms with Crippen LogP contribution in [0.2, 0.25) is 0 Å². The molecule has 0 spiro atoms. The fraction of sp³-hybridized carbons (Fsp3) is 0.308. The summed E-state index contributed by atoms with van der Waals surface area (Å²) in [5, 5.41) is 10.7. The second-order valence-corrected chi connectivity index (χ2v) is 9.08. The predicted octanol–water partition coefficient (Wildman–Crippen LogP) is 2.18. The van der Waals surface area contributed by atoms with E-state index in [0.29, 0.717) is 18.0 Å². The fourth-order valence-electron chi connectivity index (χ4n) is 2.30. The van der Waals surface area contributed by atoms with Gasteiger partial charge < -0.3 is 5.11 Å². The Bertz CT molecular complexity index is 775. The van der Waals surface area contributed by atoms with Crippen LogP contribution in [0.4, 0.5) is 0 Å². The van der Waals surface area contributed by atoms with E-state index >= 15 is 0 Å². The van der Waals surface area contributed by atoms with Crippen molar-refractivity contribution in [1.82, 2.24) is 4.31 Å². The Balaban J connectivity index is 1.84. The summed E-state index contributed by atoms with van der Waals surface area (Å²) in [5.74, 6) is -0.957. The molecule has 0 atom stereocenters. The maximum atomic E-state index is 12.6. The van der Waals surface area contributed by atoms with Crippen molar-refractivity contribution in [1.29, 1.82) is 0 Å². The molecule has 0 fully saturated rings. The van der Waals surface area contributed by atoms with Gasteiger partial charge in [0, 0.05) is 22.8 Å². The van der Waals surface area contributed by atoms with E-state index in [-0.39, 0.29) is 10.6 Å². The molecule has 112 valence electrons. The zero-order valence-electron chi connectivity index (χ0n) is 11.0. The van der Waals surface area contributed by atoms with E-state index in [9.17, 15) is 13.2 Å². The molecule has 0 bridgehead atoms. The van der Waals surface area contributed by atoms with Gasteiger partial charge >= 0.3 is 5.97 Å². The van der Waals surface area contributed by atoms with Crippen LogP contribution in [0.3, 0.4) is 0 Å². The van der Waals surface area contributed by atoms with Crippen molar-refractivity contribution in [3.8, 4) is 0 Å². The van der Waals surface area contributed by atoms with Crippen molar-refractivity contribution in [3.05, 3.63) is 38.9 Å². The van der Waals surface area contributed by atoms with Gasteiger partial charge in [0.05, 0.1) is 6.42 Å². The number of carbonyl (C=O) groups is 1. The first kappa shape index (κ1) is 14.7. The van der Waals surface area contributed by atoms with Gasteiger partial charge in [-0.1, -0.05) is 0 Å². The zero-order valence-corrected chi connectivity index (χ0v) is 13.4. The molecule has 0 amide bonds. The molecule has 3 rings (SSSR count). The average molecular weight is 343 g/mol. The SMILES string of the molecule is O=C(O)Cc1ccc(S(=O)(=O)N2CCc3sccc3C2)s1. The van der Waals surface area contributed by atoms with Gasteiger partial charge in [-0.2, -0.15) is 4.31 Å². The first-order valence-corrected chi connectivity index (χ1v) is 9.46. The number of nitrogens with zero attached hydrogens (tertiary/aromatic N) is 1. The Hall–Kier alpha value is -1.22. The number of hydrogen-bond donors (Lipinski definition) is 1. The van der Waals surface area contributed by atoms with Crippen molar-refractivity contribution in [3.63, 3.8) is 0 Å². The van der Waals surface area contributed by atoms with Gasteiger partial charge in [0.25, 0.3) is 10.0 Å². The molecule has 0 saturated heterocycles. The number of carboxylic acids is 1. The van der Waals surface area contributed by atoms with Gasteiger partial charge in [0.2, 0.25) is 0 Å². The molecule has 0 radical (unpaired) electrons. The van der Waals surface area contributed by atoms with Crippen LogP contribution in [0, 0.1) is 0 Å². The molecule has 2 aromatic heterocycles. The molecule has 8 heteroatoms. The van der Waals surface area contributed by atoms with Crippen LogP contribution < -0.4 is 0 Å². The maximum absolute atomic E-state index is 12.6. The third kappa shape index (κ3) is 2.89. The Kier molecular flexibility index (Phi) is 3.87. The number of thiophene rings is 2. The van der Waals surface area contributed by atoms with Crippen molar-refractivity contribution in [2.24, 2.45) is 0 Å².